The zero-order chi connectivity index (χ0) is 14.8. The SMILES string of the molecule is COC(C)(C)CNc1nc2c(cc1C(=O)O)CCCC2. The quantitative estimate of drug-likeness (QED) is 0.866. The topological polar surface area (TPSA) is 71.5 Å². The highest BCUT2D eigenvalue weighted by molar-refractivity contribution is 5.93. The molecule has 0 saturated heterocycles. The highest BCUT2D eigenvalue weighted by Crippen LogP contribution is 2.25. The Kier molecular flexibility index (Phi) is 4.28. The van der Waals surface area contributed by atoms with Crippen molar-refractivity contribution < 1.29 is 14.6 Å². The molecule has 1 aliphatic rings. The second kappa shape index (κ2) is 5.79. The lowest BCUT2D eigenvalue weighted by Crippen LogP contribution is -2.33. The number of aromatic nitrogens is 1. The normalized spacial score (nSPS) is 14.8. The fourth-order valence-electron chi connectivity index (χ4n) is 2.30. The van der Waals surface area contributed by atoms with Crippen LogP contribution in [0.5, 0.6) is 0 Å². The number of anilines is 1. The smallest absolute Gasteiger partial charge is 0.339 e. The minimum absolute atomic E-state index is 0.248. The molecule has 2 N–H and O–H groups in total. The molecule has 5 heteroatoms. The fourth-order valence-corrected chi connectivity index (χ4v) is 2.30. The van der Waals surface area contributed by atoms with Crippen LogP contribution in [0.2, 0.25) is 0 Å². The summed E-state index contributed by atoms with van der Waals surface area (Å²) in [5.74, 6) is -0.494. The molecule has 110 valence electrons. The average Bonchev–Trinajstić information content (AvgIpc) is 2.44. The monoisotopic (exact) mass is 278 g/mol. The molecule has 1 aliphatic carbocycles. The first-order chi connectivity index (χ1) is 9.43. The van der Waals surface area contributed by atoms with Gasteiger partial charge < -0.3 is 15.2 Å². The van der Waals surface area contributed by atoms with Crippen molar-refractivity contribution in [3.05, 3.63) is 22.9 Å². The summed E-state index contributed by atoms with van der Waals surface area (Å²) in [6, 6.07) is 1.77. The van der Waals surface area contributed by atoms with E-state index in [1.165, 1.54) is 0 Å². The Morgan fingerprint density at radius 2 is 2.15 bits per heavy atom. The Bertz CT molecular complexity index is 512. The Labute approximate surface area is 119 Å². The molecule has 0 unspecified atom stereocenters. The highest BCUT2D eigenvalue weighted by Gasteiger charge is 2.21. The Morgan fingerprint density at radius 1 is 1.45 bits per heavy atom. The van der Waals surface area contributed by atoms with Crippen LogP contribution in [0, 0.1) is 0 Å². The van der Waals surface area contributed by atoms with E-state index in [9.17, 15) is 9.90 Å². The molecule has 5 nitrogen and oxygen atoms in total. The van der Waals surface area contributed by atoms with Gasteiger partial charge in [0.05, 0.1) is 5.60 Å². The van der Waals surface area contributed by atoms with Crippen LogP contribution >= 0.6 is 0 Å². The van der Waals surface area contributed by atoms with Gasteiger partial charge in [0.25, 0.3) is 0 Å². The summed E-state index contributed by atoms with van der Waals surface area (Å²) in [4.78, 5) is 15.9. The highest BCUT2D eigenvalue weighted by atomic mass is 16.5. The molecule has 0 aliphatic heterocycles. The van der Waals surface area contributed by atoms with Gasteiger partial charge in [0.2, 0.25) is 0 Å². The molecule has 20 heavy (non-hydrogen) atoms. The van der Waals surface area contributed by atoms with E-state index in [-0.39, 0.29) is 11.2 Å². The van der Waals surface area contributed by atoms with Crippen molar-refractivity contribution in [3.8, 4) is 0 Å². The zero-order valence-corrected chi connectivity index (χ0v) is 12.3. The number of hydrogen-bond donors (Lipinski definition) is 2. The maximum Gasteiger partial charge on any atom is 0.339 e. The standard InChI is InChI=1S/C15H22N2O3/c1-15(2,20-3)9-16-13-11(14(18)19)8-10-6-4-5-7-12(10)17-13/h8H,4-7,9H2,1-3H3,(H,16,17)(H,18,19). The first-order valence-corrected chi connectivity index (χ1v) is 6.98. The predicted octanol–water partition coefficient (Wildman–Crippen LogP) is 2.50. The summed E-state index contributed by atoms with van der Waals surface area (Å²) < 4.78 is 5.33. The largest absolute Gasteiger partial charge is 0.478 e. The third kappa shape index (κ3) is 3.28. The van der Waals surface area contributed by atoms with Gasteiger partial charge in [0, 0.05) is 19.3 Å². The van der Waals surface area contributed by atoms with Gasteiger partial charge in [-0.25, -0.2) is 9.78 Å². The number of aromatic carboxylic acids is 1. The van der Waals surface area contributed by atoms with Gasteiger partial charge in [-0.2, -0.15) is 0 Å². The molecule has 1 aromatic heterocycles. The number of carboxylic acids is 1. The van der Waals surface area contributed by atoms with Gasteiger partial charge in [-0.05, 0) is 51.2 Å². The molecule has 0 bridgehead atoms. The first-order valence-electron chi connectivity index (χ1n) is 6.98. The van der Waals surface area contributed by atoms with Crippen molar-refractivity contribution in [3.63, 3.8) is 0 Å². The molecule has 0 saturated carbocycles. The second-order valence-electron chi connectivity index (χ2n) is 5.82. The van der Waals surface area contributed by atoms with Gasteiger partial charge in [-0.1, -0.05) is 0 Å². The van der Waals surface area contributed by atoms with Crippen molar-refractivity contribution >= 4 is 11.8 Å². The number of methoxy groups -OCH3 is 1. The molecule has 1 aromatic rings. The van der Waals surface area contributed by atoms with E-state index in [0.717, 1.165) is 36.9 Å². The van der Waals surface area contributed by atoms with Gasteiger partial charge in [-0.15, -0.1) is 0 Å². The Hall–Kier alpha value is -1.62. The van der Waals surface area contributed by atoms with Crippen LogP contribution in [0.3, 0.4) is 0 Å². The van der Waals surface area contributed by atoms with Gasteiger partial charge in [0.1, 0.15) is 11.4 Å². The maximum atomic E-state index is 11.4. The molecule has 2 rings (SSSR count). The second-order valence-corrected chi connectivity index (χ2v) is 5.82. The number of carboxylic acid groups (broad SMARTS) is 1. The lowest BCUT2D eigenvalue weighted by atomic mass is 9.94. The Balaban J connectivity index is 2.28. The number of rotatable bonds is 5. The number of hydrogen-bond acceptors (Lipinski definition) is 4. The minimum atomic E-state index is -0.941. The molecule has 0 radical (unpaired) electrons. The lowest BCUT2D eigenvalue weighted by molar-refractivity contribution is 0.0342. The summed E-state index contributed by atoms with van der Waals surface area (Å²) in [6.07, 6.45) is 4.08. The molecule has 0 amide bonds. The van der Waals surface area contributed by atoms with Crippen LogP contribution in [0.1, 0.15) is 48.3 Å². The van der Waals surface area contributed by atoms with E-state index in [2.05, 4.69) is 10.3 Å². The lowest BCUT2D eigenvalue weighted by Gasteiger charge is -2.25. The third-order valence-corrected chi connectivity index (χ3v) is 3.77. The van der Waals surface area contributed by atoms with E-state index >= 15 is 0 Å². The number of pyridine rings is 1. The summed E-state index contributed by atoms with van der Waals surface area (Å²) in [5.41, 5.74) is 1.98. The van der Waals surface area contributed by atoms with Crippen LogP contribution in [0.4, 0.5) is 5.82 Å². The van der Waals surface area contributed by atoms with Gasteiger partial charge >= 0.3 is 5.97 Å². The number of carbonyl (C=O) groups is 1. The third-order valence-electron chi connectivity index (χ3n) is 3.77. The minimum Gasteiger partial charge on any atom is -0.478 e. The molecule has 0 fully saturated rings. The predicted molar refractivity (Wildman–Crippen MR) is 77.4 cm³/mol. The molecular weight excluding hydrogens is 256 g/mol. The van der Waals surface area contributed by atoms with Crippen LogP contribution in [-0.4, -0.2) is 35.3 Å². The summed E-state index contributed by atoms with van der Waals surface area (Å²) in [7, 11) is 1.64. The molecular formula is C15H22N2O3. The molecule has 1 heterocycles. The zero-order valence-electron chi connectivity index (χ0n) is 12.3. The van der Waals surface area contributed by atoms with E-state index in [0.29, 0.717) is 12.4 Å². The number of aryl methyl sites for hydroxylation is 2. The summed E-state index contributed by atoms with van der Waals surface area (Å²) in [6.45, 7) is 4.40. The maximum absolute atomic E-state index is 11.4. The number of nitrogens with one attached hydrogen (secondary N) is 1. The number of nitrogens with zero attached hydrogens (tertiary/aromatic N) is 1. The molecule has 0 aromatic carbocycles. The summed E-state index contributed by atoms with van der Waals surface area (Å²) >= 11 is 0. The van der Waals surface area contributed by atoms with E-state index in [4.69, 9.17) is 4.74 Å². The molecule has 0 spiro atoms. The van der Waals surface area contributed by atoms with Crippen molar-refractivity contribution in [1.82, 2.24) is 4.98 Å². The number of fused-ring (bicyclic) bond motifs is 1. The number of ether oxygens (including phenoxy) is 1. The van der Waals surface area contributed by atoms with Crippen LogP contribution in [0.15, 0.2) is 6.07 Å². The fraction of sp³-hybridized carbons (Fsp3) is 0.600. The van der Waals surface area contributed by atoms with E-state index in [1.807, 2.05) is 13.8 Å². The van der Waals surface area contributed by atoms with Gasteiger partial charge in [-0.3, -0.25) is 0 Å². The molecule has 0 atom stereocenters. The van der Waals surface area contributed by atoms with Crippen LogP contribution in [0.25, 0.3) is 0 Å². The van der Waals surface area contributed by atoms with Crippen LogP contribution in [-0.2, 0) is 17.6 Å². The van der Waals surface area contributed by atoms with Crippen molar-refractivity contribution in [1.29, 1.82) is 0 Å². The van der Waals surface area contributed by atoms with Crippen LogP contribution < -0.4 is 5.32 Å². The van der Waals surface area contributed by atoms with E-state index < -0.39 is 5.97 Å². The van der Waals surface area contributed by atoms with E-state index in [1.54, 1.807) is 13.2 Å². The first kappa shape index (κ1) is 14.8. The van der Waals surface area contributed by atoms with Crippen molar-refractivity contribution in [2.75, 3.05) is 19.0 Å². The Morgan fingerprint density at radius 3 is 2.80 bits per heavy atom. The van der Waals surface area contributed by atoms with Crippen molar-refractivity contribution in [2.24, 2.45) is 0 Å². The van der Waals surface area contributed by atoms with Crippen molar-refractivity contribution in [2.45, 2.75) is 45.1 Å². The average molecular weight is 278 g/mol. The van der Waals surface area contributed by atoms with Gasteiger partial charge in [0.15, 0.2) is 0 Å². The summed E-state index contributed by atoms with van der Waals surface area (Å²) in [5, 5.41) is 12.5.